The molecule has 0 amide bonds. The minimum absolute atomic E-state index is 0.222. The van der Waals surface area contributed by atoms with Crippen molar-refractivity contribution in [3.8, 4) is 0 Å². The second-order valence-corrected chi connectivity index (χ2v) is 6.09. The smallest absolute Gasteiger partial charge is 0.0598 e. The highest BCUT2D eigenvalue weighted by Gasteiger charge is 2.13. The van der Waals surface area contributed by atoms with E-state index in [4.69, 9.17) is 23.2 Å². The zero-order valence-corrected chi connectivity index (χ0v) is 14.0. The molecule has 0 saturated heterocycles. The first-order valence-corrected chi connectivity index (χ1v) is 7.75. The maximum atomic E-state index is 6.14. The third kappa shape index (κ3) is 4.05. The van der Waals surface area contributed by atoms with Crippen molar-refractivity contribution in [2.24, 2.45) is 0 Å². The number of nitrogens with zero attached hydrogens (tertiary/aromatic N) is 1. The van der Waals surface area contributed by atoms with E-state index in [1.807, 2.05) is 44.4 Å². The Morgan fingerprint density at radius 2 is 1.62 bits per heavy atom. The molecule has 0 spiro atoms. The van der Waals surface area contributed by atoms with Gasteiger partial charge in [0.05, 0.1) is 17.4 Å². The van der Waals surface area contributed by atoms with E-state index >= 15 is 0 Å². The lowest BCUT2D eigenvalue weighted by molar-refractivity contribution is 0.749. The first-order chi connectivity index (χ1) is 10.0. The molecule has 1 N–H and O–H groups in total. The van der Waals surface area contributed by atoms with E-state index in [0.717, 1.165) is 27.8 Å². The summed E-state index contributed by atoms with van der Waals surface area (Å²) in [5, 5.41) is 5.07. The van der Waals surface area contributed by atoms with E-state index in [-0.39, 0.29) is 6.04 Å². The molecule has 2 rings (SSSR count). The van der Waals surface area contributed by atoms with Crippen LogP contribution in [0.2, 0.25) is 10.0 Å². The van der Waals surface area contributed by atoms with Crippen molar-refractivity contribution in [2.75, 3.05) is 24.3 Å². The molecule has 2 nitrogen and oxygen atoms in total. The molecule has 0 radical (unpaired) electrons. The van der Waals surface area contributed by atoms with Gasteiger partial charge in [-0.15, -0.1) is 0 Å². The monoisotopic (exact) mass is 322 g/mol. The van der Waals surface area contributed by atoms with Crippen molar-refractivity contribution < 1.29 is 0 Å². The number of rotatable bonds is 5. The maximum absolute atomic E-state index is 6.14. The molecule has 0 saturated carbocycles. The minimum Gasteiger partial charge on any atom is -0.377 e. The lowest BCUT2D eigenvalue weighted by Gasteiger charge is -2.24. The molecule has 1 atom stereocenters. The Bertz CT molecular complexity index is 594. The molecule has 0 fully saturated rings. The van der Waals surface area contributed by atoms with Crippen LogP contribution in [0.3, 0.4) is 0 Å². The van der Waals surface area contributed by atoms with Gasteiger partial charge in [-0.1, -0.05) is 42.3 Å². The topological polar surface area (TPSA) is 15.3 Å². The van der Waals surface area contributed by atoms with Crippen LogP contribution in [0.4, 0.5) is 11.4 Å². The second kappa shape index (κ2) is 7.06. The standard InChI is InChI=1S/C17H20Cl2N2/c1-4-15(12-5-7-13(18)8-6-12)20-16-11-14(19)9-10-17(16)21(2)3/h5-11,15,20H,4H2,1-3H3. The van der Waals surface area contributed by atoms with Crippen molar-refractivity contribution in [1.82, 2.24) is 0 Å². The molecular weight excluding hydrogens is 303 g/mol. The van der Waals surface area contributed by atoms with E-state index < -0.39 is 0 Å². The summed E-state index contributed by atoms with van der Waals surface area (Å²) in [5.74, 6) is 0. The second-order valence-electron chi connectivity index (χ2n) is 5.21. The van der Waals surface area contributed by atoms with Crippen LogP contribution in [-0.2, 0) is 0 Å². The first kappa shape index (κ1) is 16.0. The molecule has 21 heavy (non-hydrogen) atoms. The van der Waals surface area contributed by atoms with Gasteiger partial charge in [-0.05, 0) is 42.3 Å². The number of hydrogen-bond donors (Lipinski definition) is 1. The van der Waals surface area contributed by atoms with Gasteiger partial charge in [0.1, 0.15) is 0 Å². The largest absolute Gasteiger partial charge is 0.377 e. The van der Waals surface area contributed by atoms with Gasteiger partial charge in [-0.2, -0.15) is 0 Å². The van der Waals surface area contributed by atoms with Gasteiger partial charge in [0.15, 0.2) is 0 Å². The van der Waals surface area contributed by atoms with Crippen LogP contribution >= 0.6 is 23.2 Å². The molecule has 0 heterocycles. The van der Waals surface area contributed by atoms with Gasteiger partial charge in [-0.25, -0.2) is 0 Å². The van der Waals surface area contributed by atoms with Crippen LogP contribution in [-0.4, -0.2) is 14.1 Å². The fraction of sp³-hybridized carbons (Fsp3) is 0.294. The number of anilines is 2. The zero-order valence-electron chi connectivity index (χ0n) is 12.5. The quantitative estimate of drug-likeness (QED) is 0.768. The normalized spacial score (nSPS) is 12.0. The molecule has 0 bridgehead atoms. The van der Waals surface area contributed by atoms with E-state index in [0.29, 0.717) is 0 Å². The highest BCUT2D eigenvalue weighted by molar-refractivity contribution is 6.31. The Hall–Kier alpha value is -1.38. The first-order valence-electron chi connectivity index (χ1n) is 7.00. The van der Waals surface area contributed by atoms with Crippen LogP contribution in [0.25, 0.3) is 0 Å². The predicted octanol–water partition coefficient (Wildman–Crippen LogP) is 5.62. The summed E-state index contributed by atoms with van der Waals surface area (Å²) in [6.45, 7) is 2.16. The molecular formula is C17H20Cl2N2. The average Bonchev–Trinajstić information content (AvgIpc) is 2.45. The number of nitrogens with one attached hydrogen (secondary N) is 1. The van der Waals surface area contributed by atoms with Gasteiger partial charge in [0, 0.05) is 24.1 Å². The summed E-state index contributed by atoms with van der Waals surface area (Å²) in [5.41, 5.74) is 3.37. The summed E-state index contributed by atoms with van der Waals surface area (Å²) in [7, 11) is 4.05. The van der Waals surface area contributed by atoms with Crippen LogP contribution < -0.4 is 10.2 Å². The summed E-state index contributed by atoms with van der Waals surface area (Å²) in [6, 6.07) is 14.1. The third-order valence-corrected chi connectivity index (χ3v) is 3.94. The summed E-state index contributed by atoms with van der Waals surface area (Å²) in [4.78, 5) is 2.08. The van der Waals surface area contributed by atoms with Crippen LogP contribution in [0.5, 0.6) is 0 Å². The van der Waals surface area contributed by atoms with E-state index in [1.165, 1.54) is 5.56 Å². The van der Waals surface area contributed by atoms with Gasteiger partial charge in [-0.3, -0.25) is 0 Å². The Balaban J connectivity index is 2.30. The predicted molar refractivity (Wildman–Crippen MR) is 93.9 cm³/mol. The van der Waals surface area contributed by atoms with E-state index in [1.54, 1.807) is 0 Å². The van der Waals surface area contributed by atoms with Gasteiger partial charge >= 0.3 is 0 Å². The number of halogens is 2. The van der Waals surface area contributed by atoms with Crippen molar-refractivity contribution in [3.63, 3.8) is 0 Å². The molecule has 4 heteroatoms. The van der Waals surface area contributed by atoms with Crippen molar-refractivity contribution >= 4 is 34.6 Å². The Morgan fingerprint density at radius 3 is 2.19 bits per heavy atom. The molecule has 2 aromatic carbocycles. The highest BCUT2D eigenvalue weighted by Crippen LogP contribution is 2.32. The van der Waals surface area contributed by atoms with Gasteiger partial charge in [0.25, 0.3) is 0 Å². The molecule has 0 aliphatic rings. The number of hydrogen-bond acceptors (Lipinski definition) is 2. The van der Waals surface area contributed by atoms with E-state index in [2.05, 4.69) is 29.3 Å². The van der Waals surface area contributed by atoms with Crippen molar-refractivity contribution in [1.29, 1.82) is 0 Å². The molecule has 2 aromatic rings. The summed E-state index contributed by atoms with van der Waals surface area (Å²) >= 11 is 12.1. The van der Waals surface area contributed by atoms with Gasteiger partial charge < -0.3 is 10.2 Å². The minimum atomic E-state index is 0.222. The molecule has 0 aliphatic heterocycles. The molecule has 0 aliphatic carbocycles. The van der Waals surface area contributed by atoms with Crippen molar-refractivity contribution in [2.45, 2.75) is 19.4 Å². The summed E-state index contributed by atoms with van der Waals surface area (Å²) in [6.07, 6.45) is 0.973. The fourth-order valence-corrected chi connectivity index (χ4v) is 2.62. The highest BCUT2D eigenvalue weighted by atomic mass is 35.5. The lowest BCUT2D eigenvalue weighted by Crippen LogP contribution is -2.15. The van der Waals surface area contributed by atoms with Crippen LogP contribution in [0, 0.1) is 0 Å². The molecule has 1 unspecified atom stereocenters. The SMILES string of the molecule is CCC(Nc1cc(Cl)ccc1N(C)C)c1ccc(Cl)cc1. The molecule has 0 aromatic heterocycles. The van der Waals surface area contributed by atoms with E-state index in [9.17, 15) is 0 Å². The average molecular weight is 323 g/mol. The third-order valence-electron chi connectivity index (χ3n) is 3.45. The van der Waals surface area contributed by atoms with Crippen LogP contribution in [0.15, 0.2) is 42.5 Å². The number of benzene rings is 2. The van der Waals surface area contributed by atoms with Crippen molar-refractivity contribution in [3.05, 3.63) is 58.1 Å². The van der Waals surface area contributed by atoms with Crippen LogP contribution in [0.1, 0.15) is 24.9 Å². The fourth-order valence-electron chi connectivity index (χ4n) is 2.32. The Labute approximate surface area is 136 Å². The maximum Gasteiger partial charge on any atom is 0.0598 e. The zero-order chi connectivity index (χ0) is 15.4. The Morgan fingerprint density at radius 1 is 1.00 bits per heavy atom. The lowest BCUT2D eigenvalue weighted by atomic mass is 10.0. The summed E-state index contributed by atoms with van der Waals surface area (Å²) < 4.78 is 0. The Kier molecular flexibility index (Phi) is 5.38. The molecule has 112 valence electrons. The van der Waals surface area contributed by atoms with Gasteiger partial charge in [0.2, 0.25) is 0 Å².